The van der Waals surface area contributed by atoms with Gasteiger partial charge in [0.05, 0.1) is 0 Å². The molecule has 0 saturated carbocycles. The topological polar surface area (TPSA) is 59.3 Å². The summed E-state index contributed by atoms with van der Waals surface area (Å²) < 4.78 is 13.6. The Morgan fingerprint density at radius 1 is 1.69 bits per heavy atom. The largest absolute Gasteiger partial charge is 0.477 e. The summed E-state index contributed by atoms with van der Waals surface area (Å²) in [7, 11) is -0.867. The first-order chi connectivity index (χ1) is 7.41. The van der Waals surface area contributed by atoms with Crippen LogP contribution in [0, 0.1) is 0 Å². The molecule has 0 amide bonds. The molecule has 6 heteroatoms. The van der Waals surface area contributed by atoms with Crippen LogP contribution in [0.5, 0.6) is 0 Å². The second-order valence-corrected chi connectivity index (χ2v) is 6.36. The molecule has 0 spiro atoms. The Bertz CT molecular complexity index is 416. The molecule has 0 fully saturated rings. The van der Waals surface area contributed by atoms with Gasteiger partial charge in [0.1, 0.15) is 5.69 Å². The Balaban J connectivity index is 2.73. The number of rotatable bonds is 5. The number of hydrogen-bond donors (Lipinski definition) is 1. The van der Waals surface area contributed by atoms with Crippen LogP contribution in [0.25, 0.3) is 0 Å². The van der Waals surface area contributed by atoms with Gasteiger partial charge in [-0.15, -0.1) is 0 Å². The van der Waals surface area contributed by atoms with Crippen molar-refractivity contribution >= 4 is 32.7 Å². The number of carboxylic acid groups (broad SMARTS) is 1. The number of aryl methyl sites for hydroxylation is 1. The fraction of sp³-hybridized carbons (Fsp3) is 0.500. The summed E-state index contributed by atoms with van der Waals surface area (Å²) in [6.45, 7) is 2.46. The molecule has 0 radical (unpaired) electrons. The molecule has 1 rings (SSSR count). The average molecular weight is 308 g/mol. The van der Waals surface area contributed by atoms with Crippen LogP contribution in [0.2, 0.25) is 0 Å². The molecule has 1 heterocycles. The molecule has 0 aliphatic rings. The Morgan fingerprint density at radius 3 is 2.81 bits per heavy atom. The van der Waals surface area contributed by atoms with Crippen LogP contribution in [0.4, 0.5) is 0 Å². The molecule has 2 atom stereocenters. The molecule has 90 valence electrons. The standard InChI is InChI=1S/C10H14BrNO3S/c1-7(16(2)15)3-4-12-6-8(11)5-9(12)10(13)14/h5-7H,3-4H2,1-2H3,(H,13,14). The van der Waals surface area contributed by atoms with Gasteiger partial charge in [-0.3, -0.25) is 4.21 Å². The lowest BCUT2D eigenvalue weighted by atomic mass is 10.3. The average Bonchev–Trinajstić information content (AvgIpc) is 2.56. The minimum absolute atomic E-state index is 0.0721. The molecule has 0 aromatic carbocycles. The van der Waals surface area contributed by atoms with E-state index < -0.39 is 16.8 Å². The third kappa shape index (κ3) is 3.45. The van der Waals surface area contributed by atoms with Gasteiger partial charge in [0.2, 0.25) is 0 Å². The SMILES string of the molecule is CC(CCn1cc(Br)cc1C(=O)O)S(C)=O. The maximum absolute atomic E-state index is 11.2. The molecular formula is C10H14BrNO3S. The van der Waals surface area contributed by atoms with Gasteiger partial charge < -0.3 is 9.67 Å². The van der Waals surface area contributed by atoms with Crippen molar-refractivity contribution in [1.29, 1.82) is 0 Å². The number of hydrogen-bond acceptors (Lipinski definition) is 2. The van der Waals surface area contributed by atoms with Crippen molar-refractivity contribution in [1.82, 2.24) is 4.57 Å². The highest BCUT2D eigenvalue weighted by Crippen LogP contribution is 2.16. The molecule has 1 aromatic rings. The van der Waals surface area contributed by atoms with Gasteiger partial charge in [0.25, 0.3) is 0 Å². The molecule has 2 unspecified atom stereocenters. The van der Waals surface area contributed by atoms with Gasteiger partial charge in [-0.05, 0) is 28.4 Å². The minimum Gasteiger partial charge on any atom is -0.477 e. The molecule has 4 nitrogen and oxygen atoms in total. The van der Waals surface area contributed by atoms with Crippen LogP contribution < -0.4 is 0 Å². The second kappa shape index (κ2) is 5.63. The molecule has 1 aromatic heterocycles. The highest BCUT2D eigenvalue weighted by Gasteiger charge is 2.13. The van der Waals surface area contributed by atoms with Crippen molar-refractivity contribution in [3.8, 4) is 0 Å². The number of carbonyl (C=O) groups is 1. The molecule has 1 N–H and O–H groups in total. The monoisotopic (exact) mass is 307 g/mol. The van der Waals surface area contributed by atoms with Crippen LogP contribution in [-0.4, -0.2) is 31.4 Å². The molecular weight excluding hydrogens is 294 g/mol. The number of aromatic carboxylic acids is 1. The smallest absolute Gasteiger partial charge is 0.352 e. The Kier molecular flexibility index (Phi) is 4.73. The number of aromatic nitrogens is 1. The molecule has 0 bridgehead atoms. The Morgan fingerprint density at radius 2 is 2.31 bits per heavy atom. The first-order valence-corrected chi connectivity index (χ1v) is 7.24. The zero-order chi connectivity index (χ0) is 12.3. The van der Waals surface area contributed by atoms with Crippen molar-refractivity contribution in [2.24, 2.45) is 0 Å². The van der Waals surface area contributed by atoms with Crippen LogP contribution in [0.15, 0.2) is 16.7 Å². The van der Waals surface area contributed by atoms with E-state index in [9.17, 15) is 9.00 Å². The predicted molar refractivity (Wildman–Crippen MR) is 67.2 cm³/mol. The summed E-state index contributed by atoms with van der Waals surface area (Å²) in [5.74, 6) is -0.948. The van der Waals surface area contributed by atoms with Gasteiger partial charge in [-0.25, -0.2) is 4.79 Å². The van der Waals surface area contributed by atoms with Crippen LogP contribution in [0.3, 0.4) is 0 Å². The fourth-order valence-electron chi connectivity index (χ4n) is 1.33. The first-order valence-electron chi connectivity index (χ1n) is 4.83. The van der Waals surface area contributed by atoms with Crippen LogP contribution in [0.1, 0.15) is 23.8 Å². The lowest BCUT2D eigenvalue weighted by Gasteiger charge is -2.10. The summed E-state index contributed by atoms with van der Waals surface area (Å²) in [6, 6.07) is 1.57. The van der Waals surface area contributed by atoms with Crippen molar-refractivity contribution < 1.29 is 14.1 Å². The third-order valence-corrected chi connectivity index (χ3v) is 4.23. The number of nitrogens with zero attached hydrogens (tertiary/aromatic N) is 1. The van der Waals surface area contributed by atoms with Crippen molar-refractivity contribution in [3.63, 3.8) is 0 Å². The van der Waals surface area contributed by atoms with Crippen LogP contribution >= 0.6 is 15.9 Å². The Hall–Kier alpha value is -0.620. The van der Waals surface area contributed by atoms with E-state index in [0.717, 1.165) is 4.47 Å². The summed E-state index contributed by atoms with van der Waals surface area (Å²) in [5.41, 5.74) is 0.251. The summed E-state index contributed by atoms with van der Waals surface area (Å²) in [4.78, 5) is 10.9. The minimum atomic E-state index is -0.948. The number of halogens is 1. The van der Waals surface area contributed by atoms with Gasteiger partial charge in [0.15, 0.2) is 0 Å². The van der Waals surface area contributed by atoms with E-state index in [4.69, 9.17) is 5.11 Å². The summed E-state index contributed by atoms with van der Waals surface area (Å²) in [6.07, 6.45) is 4.09. The van der Waals surface area contributed by atoms with E-state index in [-0.39, 0.29) is 10.9 Å². The highest BCUT2D eigenvalue weighted by molar-refractivity contribution is 9.10. The quantitative estimate of drug-likeness (QED) is 0.906. The zero-order valence-electron chi connectivity index (χ0n) is 9.14. The lowest BCUT2D eigenvalue weighted by Crippen LogP contribution is -2.15. The summed E-state index contributed by atoms with van der Waals surface area (Å²) >= 11 is 3.24. The van der Waals surface area contributed by atoms with E-state index in [2.05, 4.69) is 15.9 Å². The van der Waals surface area contributed by atoms with Gasteiger partial charge in [-0.1, -0.05) is 6.92 Å². The molecule has 0 aliphatic carbocycles. The zero-order valence-corrected chi connectivity index (χ0v) is 11.5. The maximum Gasteiger partial charge on any atom is 0.352 e. The van der Waals surface area contributed by atoms with E-state index >= 15 is 0 Å². The maximum atomic E-state index is 11.2. The van der Waals surface area contributed by atoms with Crippen LogP contribution in [-0.2, 0) is 17.3 Å². The van der Waals surface area contributed by atoms with Gasteiger partial charge in [0, 0.05) is 39.5 Å². The molecule has 0 saturated heterocycles. The van der Waals surface area contributed by atoms with Crippen molar-refractivity contribution in [2.45, 2.75) is 25.1 Å². The van der Waals surface area contributed by atoms with Gasteiger partial charge in [-0.2, -0.15) is 0 Å². The van der Waals surface area contributed by atoms with Crippen molar-refractivity contribution in [3.05, 3.63) is 22.4 Å². The van der Waals surface area contributed by atoms with E-state index in [1.807, 2.05) is 6.92 Å². The van der Waals surface area contributed by atoms with Gasteiger partial charge >= 0.3 is 5.97 Å². The molecule has 0 aliphatic heterocycles. The predicted octanol–water partition coefficient (Wildman–Crippen LogP) is 2.11. The number of carboxylic acids is 1. The lowest BCUT2D eigenvalue weighted by molar-refractivity contribution is 0.0685. The van der Waals surface area contributed by atoms with E-state index in [1.54, 1.807) is 23.1 Å². The normalized spacial score (nSPS) is 14.7. The Labute approximate surface area is 105 Å². The summed E-state index contributed by atoms with van der Waals surface area (Å²) in [5, 5.41) is 9.02. The third-order valence-electron chi connectivity index (χ3n) is 2.43. The first kappa shape index (κ1) is 13.4. The highest BCUT2D eigenvalue weighted by atomic mass is 79.9. The second-order valence-electron chi connectivity index (χ2n) is 3.64. The molecule has 16 heavy (non-hydrogen) atoms. The van der Waals surface area contributed by atoms with E-state index in [0.29, 0.717) is 13.0 Å². The fourth-order valence-corrected chi connectivity index (χ4v) is 2.23. The van der Waals surface area contributed by atoms with E-state index in [1.165, 1.54) is 0 Å². The van der Waals surface area contributed by atoms with Crippen molar-refractivity contribution in [2.75, 3.05) is 6.26 Å².